The summed E-state index contributed by atoms with van der Waals surface area (Å²) in [7, 11) is 0. The molecule has 0 unspecified atom stereocenters. The van der Waals surface area contributed by atoms with Crippen LogP contribution in [0, 0.1) is 11.6 Å². The van der Waals surface area contributed by atoms with Crippen LogP contribution in [-0.4, -0.2) is 91.5 Å². The van der Waals surface area contributed by atoms with Crippen molar-refractivity contribution in [1.29, 1.82) is 0 Å². The monoisotopic (exact) mass is 864 g/mol. The van der Waals surface area contributed by atoms with Gasteiger partial charge in [0.15, 0.2) is 28.6 Å². The van der Waals surface area contributed by atoms with Crippen molar-refractivity contribution < 1.29 is 47.6 Å². The van der Waals surface area contributed by atoms with Gasteiger partial charge in [0.05, 0.1) is 19.7 Å². The van der Waals surface area contributed by atoms with Gasteiger partial charge in [-0.3, -0.25) is 38.3 Å². The van der Waals surface area contributed by atoms with E-state index in [-0.39, 0.29) is 73.6 Å². The quantitative estimate of drug-likeness (QED) is 0.123. The molecule has 7 heterocycles. The van der Waals surface area contributed by atoms with E-state index in [1.807, 2.05) is 0 Å². The molecule has 1 saturated heterocycles. The molecule has 2 aromatic carbocycles. The van der Waals surface area contributed by atoms with Gasteiger partial charge in [-0.25, -0.2) is 13.6 Å². The van der Waals surface area contributed by atoms with Crippen LogP contribution in [0.2, 0.25) is 0 Å². The van der Waals surface area contributed by atoms with Gasteiger partial charge in [0.25, 0.3) is 17.0 Å². The second kappa shape index (κ2) is 17.9. The van der Waals surface area contributed by atoms with E-state index < -0.39 is 40.1 Å². The highest BCUT2D eigenvalue weighted by Crippen LogP contribution is 2.38. The zero-order valence-corrected chi connectivity index (χ0v) is 34.1. The van der Waals surface area contributed by atoms with Crippen LogP contribution in [0.4, 0.5) is 8.78 Å². The second-order valence-corrected chi connectivity index (χ2v) is 15.1. The molecule has 6 aromatic rings. The van der Waals surface area contributed by atoms with Crippen LogP contribution in [-0.2, 0) is 35.5 Å². The number of hydrogen-bond acceptors (Lipinski definition) is 12. The van der Waals surface area contributed by atoms with Crippen LogP contribution >= 0.6 is 0 Å². The third kappa shape index (κ3) is 8.35. The predicted molar refractivity (Wildman–Crippen MR) is 223 cm³/mol. The van der Waals surface area contributed by atoms with E-state index in [1.165, 1.54) is 45.8 Å². The summed E-state index contributed by atoms with van der Waals surface area (Å²) in [5.41, 5.74) is 1.87. The van der Waals surface area contributed by atoms with E-state index in [0.29, 0.717) is 65.9 Å². The number of carbonyl (C=O) groups excluding carboxylic acids is 3. The van der Waals surface area contributed by atoms with Gasteiger partial charge in [0.2, 0.25) is 5.91 Å². The summed E-state index contributed by atoms with van der Waals surface area (Å²) in [5, 5.41) is 24.1. The lowest BCUT2D eigenvalue weighted by Gasteiger charge is -2.23. The smallest absolute Gasteiger partial charge is 0.347 e. The van der Waals surface area contributed by atoms with E-state index in [9.17, 15) is 43.0 Å². The molecule has 1 fully saturated rings. The number of ether oxygens (including phenoxy) is 3. The first-order chi connectivity index (χ1) is 30.4. The Morgan fingerprint density at radius 1 is 0.762 bits per heavy atom. The molecule has 0 spiro atoms. The average Bonchev–Trinajstić information content (AvgIpc) is 3.70. The number of rotatable bonds is 11. The molecule has 0 saturated carbocycles. The number of halogens is 2. The number of aromatic hydroxyl groups is 2. The maximum Gasteiger partial charge on any atom is 0.347 e. The number of esters is 1. The Balaban J connectivity index is 0.000000177. The summed E-state index contributed by atoms with van der Waals surface area (Å²) in [4.78, 5) is 73.1. The van der Waals surface area contributed by atoms with E-state index in [4.69, 9.17) is 14.2 Å². The van der Waals surface area contributed by atoms with Gasteiger partial charge >= 0.3 is 5.97 Å². The minimum absolute atomic E-state index is 0.0775. The molecule has 63 heavy (non-hydrogen) atoms. The summed E-state index contributed by atoms with van der Waals surface area (Å²) in [6.07, 6.45) is 5.82. The first-order valence-corrected chi connectivity index (χ1v) is 20.5. The van der Waals surface area contributed by atoms with Crippen LogP contribution in [0.15, 0.2) is 70.5 Å². The minimum atomic E-state index is -0.888. The number of nitrogens with one attached hydrogen (secondary N) is 1. The Kier molecular flexibility index (Phi) is 12.0. The molecule has 2 amide bonds. The molecule has 4 aromatic heterocycles. The SMILES string of the molecule is CCOC(=O)c1c(O)c2ncc(Cc3ccc(F)cc3)c3c2n(c1=O)CCO3.O=C(NCCCN1CCCC1=O)c1c(O)c2ncc(Cc3ccc(F)cc3)c3c2n(c1=O)CCO3. The normalized spacial score (nSPS) is 13.9. The van der Waals surface area contributed by atoms with Crippen LogP contribution in [0.5, 0.6) is 23.0 Å². The third-order valence-electron chi connectivity index (χ3n) is 11.0. The van der Waals surface area contributed by atoms with Crippen LogP contribution in [0.3, 0.4) is 0 Å². The first kappa shape index (κ1) is 42.3. The largest absolute Gasteiger partial charge is 0.505 e. The van der Waals surface area contributed by atoms with Crippen molar-refractivity contribution in [3.63, 3.8) is 0 Å². The lowest BCUT2D eigenvalue weighted by molar-refractivity contribution is -0.127. The topological polar surface area (TPSA) is 204 Å². The molecule has 9 rings (SSSR count). The maximum absolute atomic E-state index is 13.3. The number of hydrogen-bond donors (Lipinski definition) is 3. The van der Waals surface area contributed by atoms with Crippen molar-refractivity contribution in [2.45, 2.75) is 52.1 Å². The number of aromatic nitrogens is 4. The van der Waals surface area contributed by atoms with E-state index in [2.05, 4.69) is 15.3 Å². The molecule has 0 aliphatic carbocycles. The highest BCUT2D eigenvalue weighted by Gasteiger charge is 2.30. The fourth-order valence-corrected chi connectivity index (χ4v) is 8.02. The van der Waals surface area contributed by atoms with Crippen molar-refractivity contribution in [3.05, 3.63) is 127 Å². The Labute approximate surface area is 357 Å². The summed E-state index contributed by atoms with van der Waals surface area (Å²) in [6.45, 7) is 4.09. The number of pyridine rings is 4. The average molecular weight is 865 g/mol. The number of likely N-dealkylation sites (tertiary alicyclic amines) is 1. The van der Waals surface area contributed by atoms with Gasteiger partial charge in [0, 0.05) is 62.4 Å². The molecule has 16 nitrogen and oxygen atoms in total. The molecule has 3 aliphatic rings. The van der Waals surface area contributed by atoms with Gasteiger partial charge in [-0.05, 0) is 55.2 Å². The number of amides is 2. The fraction of sp³-hybridized carbons (Fsp3) is 0.311. The van der Waals surface area contributed by atoms with Gasteiger partial charge in [-0.2, -0.15) is 0 Å². The molecule has 0 atom stereocenters. The molecule has 0 radical (unpaired) electrons. The molecular formula is C45H42F2N6O10. The van der Waals surface area contributed by atoms with E-state index in [1.54, 1.807) is 36.1 Å². The lowest BCUT2D eigenvalue weighted by Crippen LogP contribution is -2.37. The van der Waals surface area contributed by atoms with E-state index in [0.717, 1.165) is 24.1 Å². The zero-order valence-electron chi connectivity index (χ0n) is 34.1. The highest BCUT2D eigenvalue weighted by atomic mass is 19.1. The lowest BCUT2D eigenvalue weighted by atomic mass is 10.0. The molecule has 18 heteroatoms. The zero-order chi connectivity index (χ0) is 44.4. The molecule has 326 valence electrons. The third-order valence-corrected chi connectivity index (χ3v) is 11.0. The minimum Gasteiger partial charge on any atom is -0.505 e. The van der Waals surface area contributed by atoms with Crippen molar-refractivity contribution in [2.75, 3.05) is 39.5 Å². The number of carbonyl (C=O) groups is 3. The highest BCUT2D eigenvalue weighted by molar-refractivity contribution is 6.03. The number of benzene rings is 2. The van der Waals surface area contributed by atoms with E-state index >= 15 is 0 Å². The summed E-state index contributed by atoms with van der Waals surface area (Å²) in [6, 6.07) is 12.1. The summed E-state index contributed by atoms with van der Waals surface area (Å²) >= 11 is 0. The van der Waals surface area contributed by atoms with Gasteiger partial charge in [0.1, 0.15) is 52.5 Å². The fourth-order valence-electron chi connectivity index (χ4n) is 8.02. The van der Waals surface area contributed by atoms with Crippen molar-refractivity contribution in [3.8, 4) is 23.0 Å². The van der Waals surface area contributed by atoms with Crippen molar-refractivity contribution in [1.82, 2.24) is 29.3 Å². The Hall–Kier alpha value is -7.37. The predicted octanol–water partition coefficient (Wildman–Crippen LogP) is 4.37. The molecule has 3 aliphatic heterocycles. The van der Waals surface area contributed by atoms with Gasteiger partial charge in [-0.1, -0.05) is 24.3 Å². The number of nitrogens with zero attached hydrogens (tertiary/aromatic N) is 5. The Morgan fingerprint density at radius 3 is 1.76 bits per heavy atom. The van der Waals surface area contributed by atoms with Crippen LogP contribution < -0.4 is 25.9 Å². The Morgan fingerprint density at radius 2 is 1.27 bits per heavy atom. The Bertz CT molecular complexity index is 2900. The molecular weight excluding hydrogens is 823 g/mol. The van der Waals surface area contributed by atoms with Crippen LogP contribution in [0.25, 0.3) is 22.1 Å². The molecule has 3 N–H and O–H groups in total. The van der Waals surface area contributed by atoms with Gasteiger partial charge < -0.3 is 34.6 Å². The molecule has 0 bridgehead atoms. The summed E-state index contributed by atoms with van der Waals surface area (Å²) < 4.78 is 45.7. The summed E-state index contributed by atoms with van der Waals surface area (Å²) in [5.74, 6) is -2.30. The van der Waals surface area contributed by atoms with Crippen molar-refractivity contribution in [2.24, 2.45) is 0 Å². The van der Waals surface area contributed by atoms with Gasteiger partial charge in [-0.15, -0.1) is 0 Å². The standard InChI is InChI=1S/C25H25FN4O5.C20H17FN2O5/c26-17-6-4-15(5-7-17)13-16-14-28-20-21-23(16)35-12-11-30(21)25(34)19(22(20)32)24(33)27-8-2-10-29-9-1-3-18(29)31;1-2-27-20(26)14-17(24)15-16-18(28-8-7-23(16)19(14)25)12(10-22-15)9-11-3-5-13(21)6-4-11/h4-7,14,32H,1-3,8-13H2,(H,27,33);3-6,10,24H,2,7-9H2,1H3. The maximum atomic E-state index is 13.3. The second-order valence-electron chi connectivity index (χ2n) is 15.1. The van der Waals surface area contributed by atoms with Crippen molar-refractivity contribution >= 4 is 39.9 Å². The van der Waals surface area contributed by atoms with Crippen LogP contribution in [0.1, 0.15) is 69.2 Å². The first-order valence-electron chi connectivity index (χ1n) is 20.5.